The third kappa shape index (κ3) is 7.03. The minimum atomic E-state index is -0.810. The SMILES string of the molecule is CCOC(=O)COc1c(I)cc(/C=c2/sc3n(c2=O)[C@@H](c2cc(OC)ccc2OC)C(C(=O)N(CC)CC)=C(C)N=3)cc1OC. The van der Waals surface area contributed by atoms with Crippen molar-refractivity contribution < 1.29 is 33.3 Å². The number of allylic oxidation sites excluding steroid dienone is 1. The lowest BCUT2D eigenvalue weighted by molar-refractivity contribution is -0.145. The molecule has 45 heavy (non-hydrogen) atoms. The van der Waals surface area contributed by atoms with E-state index < -0.39 is 12.0 Å². The van der Waals surface area contributed by atoms with Crippen molar-refractivity contribution in [1.29, 1.82) is 0 Å². The number of ether oxygens (including phenoxy) is 5. The Bertz CT molecular complexity index is 1810. The van der Waals surface area contributed by atoms with Gasteiger partial charge in [-0.2, -0.15) is 0 Å². The van der Waals surface area contributed by atoms with Crippen molar-refractivity contribution in [2.24, 2.45) is 4.99 Å². The van der Waals surface area contributed by atoms with E-state index in [1.807, 2.05) is 19.9 Å². The average molecular weight is 750 g/mol. The first-order valence-corrected chi connectivity index (χ1v) is 16.2. The van der Waals surface area contributed by atoms with Crippen LogP contribution in [0, 0.1) is 3.57 Å². The molecule has 0 unspecified atom stereocenters. The molecular weight excluding hydrogens is 713 g/mol. The molecule has 4 rings (SSSR count). The molecule has 0 saturated carbocycles. The molecule has 2 aromatic carbocycles. The van der Waals surface area contributed by atoms with Crippen LogP contribution in [0.3, 0.4) is 0 Å². The summed E-state index contributed by atoms with van der Waals surface area (Å²) < 4.78 is 30.1. The number of halogens is 1. The van der Waals surface area contributed by atoms with E-state index in [0.717, 1.165) is 0 Å². The summed E-state index contributed by atoms with van der Waals surface area (Å²) in [5.74, 6) is 1.16. The number of methoxy groups -OCH3 is 3. The Hall–Kier alpha value is -3.85. The molecule has 0 bridgehead atoms. The van der Waals surface area contributed by atoms with E-state index in [1.54, 1.807) is 67.9 Å². The van der Waals surface area contributed by atoms with Gasteiger partial charge in [-0.1, -0.05) is 11.3 Å². The van der Waals surface area contributed by atoms with E-state index in [9.17, 15) is 14.4 Å². The monoisotopic (exact) mass is 749 g/mol. The number of carbonyl (C=O) groups is 2. The maximum absolute atomic E-state index is 14.2. The van der Waals surface area contributed by atoms with Gasteiger partial charge in [0.25, 0.3) is 11.5 Å². The fourth-order valence-corrected chi connectivity index (χ4v) is 6.90. The van der Waals surface area contributed by atoms with E-state index in [4.69, 9.17) is 28.7 Å². The van der Waals surface area contributed by atoms with Crippen LogP contribution in [0.25, 0.3) is 6.08 Å². The highest BCUT2D eigenvalue weighted by Gasteiger charge is 2.36. The number of thiazole rings is 1. The molecule has 11 nitrogen and oxygen atoms in total. The van der Waals surface area contributed by atoms with Crippen molar-refractivity contribution in [3.8, 4) is 23.0 Å². The molecule has 0 spiro atoms. The number of hydrogen-bond donors (Lipinski definition) is 0. The molecule has 0 radical (unpaired) electrons. The number of likely N-dealkylation sites (N-methyl/N-ethyl adjacent to an activating group) is 1. The standard InChI is InChI=1S/C32H36IN3O8S/c1-8-35(9-2)31(39)27-18(4)34-32-36(28(27)21-16-20(40-5)11-12-23(21)41-6)30(38)25(45-32)15-19-13-22(33)29(24(14-19)42-7)44-17-26(37)43-10-3/h11-16,28H,8-10,17H2,1-7H3/b25-15+/t28-/m0/s1. The van der Waals surface area contributed by atoms with Gasteiger partial charge in [0.05, 0.1) is 47.3 Å². The molecule has 240 valence electrons. The predicted molar refractivity (Wildman–Crippen MR) is 179 cm³/mol. The summed E-state index contributed by atoms with van der Waals surface area (Å²) in [5.41, 5.74) is 1.88. The summed E-state index contributed by atoms with van der Waals surface area (Å²) >= 11 is 3.31. The van der Waals surface area contributed by atoms with Gasteiger partial charge in [0.2, 0.25) is 0 Å². The number of fused-ring (bicyclic) bond motifs is 1. The third-order valence-corrected chi connectivity index (χ3v) is 9.01. The van der Waals surface area contributed by atoms with E-state index in [0.29, 0.717) is 71.4 Å². The Morgan fingerprint density at radius 3 is 2.38 bits per heavy atom. The number of carbonyl (C=O) groups excluding carboxylic acids is 2. The molecule has 0 saturated heterocycles. The van der Waals surface area contributed by atoms with Gasteiger partial charge in [-0.05, 0) is 92.3 Å². The Morgan fingerprint density at radius 1 is 1.04 bits per heavy atom. The maximum Gasteiger partial charge on any atom is 0.344 e. The number of amides is 1. The van der Waals surface area contributed by atoms with Gasteiger partial charge >= 0.3 is 5.97 Å². The van der Waals surface area contributed by atoms with E-state index in [1.165, 1.54) is 18.4 Å². The second kappa shape index (κ2) is 15.0. The summed E-state index contributed by atoms with van der Waals surface area (Å²) in [7, 11) is 4.61. The van der Waals surface area contributed by atoms with Crippen LogP contribution in [-0.4, -0.2) is 69.0 Å². The number of benzene rings is 2. The number of esters is 1. The number of hydrogen-bond acceptors (Lipinski definition) is 10. The zero-order chi connectivity index (χ0) is 32.8. The number of nitrogens with zero attached hydrogens (tertiary/aromatic N) is 3. The molecular formula is C32H36IN3O8S. The number of rotatable bonds is 12. The predicted octanol–water partition coefficient (Wildman–Crippen LogP) is 3.68. The topological polar surface area (TPSA) is 118 Å². The third-order valence-electron chi connectivity index (χ3n) is 7.22. The summed E-state index contributed by atoms with van der Waals surface area (Å²) in [6, 6.07) is 8.06. The minimum absolute atomic E-state index is 0.205. The highest BCUT2D eigenvalue weighted by molar-refractivity contribution is 14.1. The van der Waals surface area contributed by atoms with E-state index >= 15 is 0 Å². The molecule has 1 aliphatic heterocycles. The molecule has 13 heteroatoms. The van der Waals surface area contributed by atoms with Gasteiger partial charge in [-0.25, -0.2) is 9.79 Å². The normalized spacial score (nSPS) is 14.4. The quantitative estimate of drug-likeness (QED) is 0.204. The molecule has 0 aliphatic carbocycles. The summed E-state index contributed by atoms with van der Waals surface area (Å²) in [6.07, 6.45) is 1.74. The minimum Gasteiger partial charge on any atom is -0.497 e. The first-order chi connectivity index (χ1) is 21.6. The maximum atomic E-state index is 14.2. The van der Waals surface area contributed by atoms with Gasteiger partial charge in [-0.15, -0.1) is 0 Å². The van der Waals surface area contributed by atoms with Crippen LogP contribution in [0.2, 0.25) is 0 Å². The summed E-state index contributed by atoms with van der Waals surface area (Å²) in [5, 5.41) is 0. The van der Waals surface area contributed by atoms with Gasteiger partial charge in [0.15, 0.2) is 22.9 Å². The Labute approximate surface area is 278 Å². The molecule has 0 fully saturated rings. The molecule has 3 aromatic rings. The van der Waals surface area contributed by atoms with Crippen molar-refractivity contribution in [3.63, 3.8) is 0 Å². The van der Waals surface area contributed by atoms with Crippen molar-refractivity contribution >= 4 is 51.9 Å². The molecule has 2 heterocycles. The molecule has 0 N–H and O–H groups in total. The highest BCUT2D eigenvalue weighted by Crippen LogP contribution is 2.38. The first-order valence-electron chi connectivity index (χ1n) is 14.3. The van der Waals surface area contributed by atoms with Crippen LogP contribution in [-0.2, 0) is 14.3 Å². The van der Waals surface area contributed by atoms with Gasteiger partial charge < -0.3 is 28.6 Å². The van der Waals surface area contributed by atoms with Gasteiger partial charge in [0.1, 0.15) is 17.5 Å². The smallest absolute Gasteiger partial charge is 0.344 e. The summed E-state index contributed by atoms with van der Waals surface area (Å²) in [4.78, 5) is 47.0. The van der Waals surface area contributed by atoms with Crippen molar-refractivity contribution in [2.45, 2.75) is 33.7 Å². The van der Waals surface area contributed by atoms with E-state index in [-0.39, 0.29) is 24.7 Å². The van der Waals surface area contributed by atoms with Crippen molar-refractivity contribution in [1.82, 2.24) is 9.47 Å². The van der Waals surface area contributed by atoms with Crippen LogP contribution in [0.4, 0.5) is 0 Å². The fourth-order valence-electron chi connectivity index (χ4n) is 5.07. The lowest BCUT2D eigenvalue weighted by atomic mass is 9.93. The number of aromatic nitrogens is 1. The second-order valence-electron chi connectivity index (χ2n) is 9.79. The average Bonchev–Trinajstić information content (AvgIpc) is 3.33. The van der Waals surface area contributed by atoms with Crippen molar-refractivity contribution in [2.75, 3.05) is 47.6 Å². The Morgan fingerprint density at radius 2 is 1.76 bits per heavy atom. The van der Waals surface area contributed by atoms with Crippen LogP contribution in [0.15, 0.2) is 51.4 Å². The van der Waals surface area contributed by atoms with Gasteiger partial charge in [-0.3, -0.25) is 14.2 Å². The molecule has 1 amide bonds. The molecule has 1 aromatic heterocycles. The lowest BCUT2D eigenvalue weighted by Crippen LogP contribution is -2.43. The summed E-state index contributed by atoms with van der Waals surface area (Å²) in [6.45, 7) is 8.32. The fraction of sp³-hybridized carbons (Fsp3) is 0.375. The van der Waals surface area contributed by atoms with E-state index in [2.05, 4.69) is 22.6 Å². The Kier molecular flexibility index (Phi) is 11.3. The molecule has 1 atom stereocenters. The van der Waals surface area contributed by atoms with Crippen LogP contribution in [0.1, 0.15) is 44.9 Å². The molecule has 1 aliphatic rings. The zero-order valence-electron chi connectivity index (χ0n) is 26.3. The first kappa shape index (κ1) is 34.0. The van der Waals surface area contributed by atoms with Crippen LogP contribution < -0.4 is 33.8 Å². The lowest BCUT2D eigenvalue weighted by Gasteiger charge is -2.30. The largest absolute Gasteiger partial charge is 0.497 e. The second-order valence-corrected chi connectivity index (χ2v) is 12.0. The van der Waals surface area contributed by atoms with Gasteiger partial charge in [0, 0.05) is 18.7 Å². The zero-order valence-corrected chi connectivity index (χ0v) is 29.2. The Balaban J connectivity index is 1.91. The van der Waals surface area contributed by atoms with Crippen LogP contribution >= 0.6 is 33.9 Å². The highest BCUT2D eigenvalue weighted by atomic mass is 127. The van der Waals surface area contributed by atoms with Crippen molar-refractivity contribution in [3.05, 3.63) is 76.0 Å². The van der Waals surface area contributed by atoms with Crippen LogP contribution in [0.5, 0.6) is 23.0 Å².